The molecule has 0 saturated heterocycles. The minimum absolute atomic E-state index is 0. The zero-order valence-corrected chi connectivity index (χ0v) is 8.68. The van der Waals surface area contributed by atoms with E-state index in [1.165, 1.54) is 6.92 Å². The maximum atomic E-state index is 9.75. The van der Waals surface area contributed by atoms with Crippen molar-refractivity contribution in [1.29, 1.82) is 0 Å². The second-order valence-corrected chi connectivity index (χ2v) is 0.776. The van der Waals surface area contributed by atoms with Crippen molar-refractivity contribution in [2.75, 3.05) is 0 Å². The van der Waals surface area contributed by atoms with E-state index in [4.69, 9.17) is 0 Å². The number of ether oxygens (including phenoxy) is 1. The number of carbonyl (C=O) groups is 1. The molecule has 1 radical (unpaired) electrons. The molecule has 0 aromatic carbocycles. The molecule has 0 aliphatic heterocycles. The van der Waals surface area contributed by atoms with E-state index in [1.54, 1.807) is 0 Å². The van der Waals surface area contributed by atoms with Gasteiger partial charge >= 0.3 is 28.3 Å². The standard InChI is InChI=1S/C4H6O2.C2H4.Ta/c1-3-6-4(2)5;1-2;/h3H,1H2,2H3;1-2H2;/q;;+2. The van der Waals surface area contributed by atoms with E-state index in [1.807, 2.05) is 0 Å². The summed E-state index contributed by atoms with van der Waals surface area (Å²) in [5.74, 6) is -0.329. The van der Waals surface area contributed by atoms with Gasteiger partial charge in [-0.15, -0.1) is 13.2 Å². The largest absolute Gasteiger partial charge is 2.00 e. The van der Waals surface area contributed by atoms with Crippen molar-refractivity contribution >= 4 is 5.97 Å². The summed E-state index contributed by atoms with van der Waals surface area (Å²) in [4.78, 5) is 9.75. The van der Waals surface area contributed by atoms with Crippen molar-refractivity contribution < 1.29 is 31.9 Å². The third-order valence-electron chi connectivity index (χ3n) is 0.249. The van der Waals surface area contributed by atoms with Crippen LogP contribution in [0.15, 0.2) is 26.0 Å². The third kappa shape index (κ3) is 34.4. The Bertz CT molecular complexity index is 81.1. The fraction of sp³-hybridized carbons (Fsp3) is 0.167. The Hall–Kier alpha value is -0.310. The van der Waals surface area contributed by atoms with Gasteiger partial charge in [-0.2, -0.15) is 0 Å². The molecule has 0 unspecified atom stereocenters. The molecule has 0 atom stereocenters. The molecule has 0 fully saturated rings. The van der Waals surface area contributed by atoms with Gasteiger partial charge in [-0.3, -0.25) is 4.79 Å². The Morgan fingerprint density at radius 3 is 1.89 bits per heavy atom. The average molecular weight is 295 g/mol. The molecule has 0 amide bonds. The van der Waals surface area contributed by atoms with Gasteiger partial charge in [0.2, 0.25) is 0 Å². The maximum absolute atomic E-state index is 9.75. The van der Waals surface area contributed by atoms with Gasteiger partial charge in [-0.05, 0) is 0 Å². The fourth-order valence-corrected chi connectivity index (χ4v) is 0.117. The number of hydrogen-bond acceptors (Lipinski definition) is 2. The van der Waals surface area contributed by atoms with E-state index >= 15 is 0 Å². The Labute approximate surface area is 71.1 Å². The molecule has 2 nitrogen and oxygen atoms in total. The van der Waals surface area contributed by atoms with Crippen LogP contribution >= 0.6 is 0 Å². The van der Waals surface area contributed by atoms with Crippen LogP contribution in [0, 0.1) is 0 Å². The SMILES string of the molecule is C=C.C=COC(C)=O.[Ta+2]. The number of hydrogen-bond donors (Lipinski definition) is 0. The van der Waals surface area contributed by atoms with E-state index in [-0.39, 0.29) is 28.3 Å². The predicted octanol–water partition coefficient (Wildman–Crippen LogP) is 1.49. The summed E-state index contributed by atoms with van der Waals surface area (Å²) >= 11 is 0. The maximum Gasteiger partial charge on any atom is 2.00 e. The molecule has 0 heterocycles. The van der Waals surface area contributed by atoms with E-state index in [2.05, 4.69) is 24.5 Å². The van der Waals surface area contributed by atoms with Crippen molar-refractivity contribution in [1.82, 2.24) is 0 Å². The molecule has 0 aromatic rings. The summed E-state index contributed by atoms with van der Waals surface area (Å²) in [5.41, 5.74) is 0. The second kappa shape index (κ2) is 15.6. The molecule has 0 N–H and O–H groups in total. The summed E-state index contributed by atoms with van der Waals surface area (Å²) in [7, 11) is 0. The van der Waals surface area contributed by atoms with Crippen LogP contribution in [0.4, 0.5) is 0 Å². The normalized spacial score (nSPS) is 5.00. The predicted molar refractivity (Wildman–Crippen MR) is 33.2 cm³/mol. The van der Waals surface area contributed by atoms with Crippen LogP contribution < -0.4 is 0 Å². The van der Waals surface area contributed by atoms with Crippen LogP contribution in [0.25, 0.3) is 0 Å². The zero-order chi connectivity index (χ0) is 6.99. The molecule has 0 aromatic heterocycles. The molecule has 0 saturated carbocycles. The first-order valence-electron chi connectivity index (χ1n) is 2.05. The monoisotopic (exact) mass is 295 g/mol. The summed E-state index contributed by atoms with van der Waals surface area (Å²) in [6.45, 7) is 10.5. The van der Waals surface area contributed by atoms with E-state index in [0.717, 1.165) is 6.26 Å². The topological polar surface area (TPSA) is 26.3 Å². The van der Waals surface area contributed by atoms with E-state index in [9.17, 15) is 4.79 Å². The summed E-state index contributed by atoms with van der Waals surface area (Å²) < 4.78 is 4.17. The quantitative estimate of drug-likeness (QED) is 0.416. The Morgan fingerprint density at radius 2 is 1.89 bits per heavy atom. The molecule has 0 aliphatic carbocycles. The first-order chi connectivity index (χ1) is 3.77. The van der Waals surface area contributed by atoms with Crippen LogP contribution in [0.2, 0.25) is 0 Å². The van der Waals surface area contributed by atoms with Crippen LogP contribution in [-0.4, -0.2) is 5.97 Å². The average Bonchev–Trinajstić information content (AvgIpc) is 1.72. The van der Waals surface area contributed by atoms with Gasteiger partial charge in [0.15, 0.2) is 0 Å². The molecule has 0 spiro atoms. The zero-order valence-electron chi connectivity index (χ0n) is 5.46. The van der Waals surface area contributed by atoms with Gasteiger partial charge in [0, 0.05) is 6.92 Å². The van der Waals surface area contributed by atoms with Gasteiger partial charge in [-0.1, -0.05) is 6.58 Å². The first kappa shape index (κ1) is 15.9. The fourth-order valence-electron chi connectivity index (χ4n) is 0.117. The number of esters is 1. The Morgan fingerprint density at radius 1 is 1.56 bits per heavy atom. The van der Waals surface area contributed by atoms with Crippen molar-refractivity contribution in [2.45, 2.75) is 6.92 Å². The minimum atomic E-state index is -0.329. The van der Waals surface area contributed by atoms with Crippen LogP contribution in [0.5, 0.6) is 0 Å². The van der Waals surface area contributed by atoms with Crippen molar-refractivity contribution in [3.8, 4) is 0 Å². The molecule has 0 aliphatic rings. The van der Waals surface area contributed by atoms with Crippen molar-refractivity contribution in [3.05, 3.63) is 26.0 Å². The first-order valence-corrected chi connectivity index (χ1v) is 2.05. The Balaban J connectivity index is -0.000000109. The van der Waals surface area contributed by atoms with Gasteiger partial charge in [-0.25, -0.2) is 0 Å². The van der Waals surface area contributed by atoms with Gasteiger partial charge in [0.25, 0.3) is 0 Å². The molecule has 9 heavy (non-hydrogen) atoms. The van der Waals surface area contributed by atoms with Crippen LogP contribution in [0.3, 0.4) is 0 Å². The molecule has 49 valence electrons. The number of rotatable bonds is 1. The minimum Gasteiger partial charge on any atom is -0.435 e. The van der Waals surface area contributed by atoms with Crippen molar-refractivity contribution in [3.63, 3.8) is 0 Å². The van der Waals surface area contributed by atoms with Gasteiger partial charge < -0.3 is 4.74 Å². The molecular formula is C6H10O2Ta+2. The second-order valence-electron chi connectivity index (χ2n) is 0.776. The van der Waals surface area contributed by atoms with Crippen molar-refractivity contribution in [2.24, 2.45) is 0 Å². The molecule has 3 heteroatoms. The van der Waals surface area contributed by atoms with Crippen LogP contribution in [0.1, 0.15) is 6.92 Å². The third-order valence-corrected chi connectivity index (χ3v) is 0.249. The smallest absolute Gasteiger partial charge is 0.435 e. The number of carbonyl (C=O) groups excluding carboxylic acids is 1. The summed E-state index contributed by atoms with van der Waals surface area (Å²) in [6, 6.07) is 0. The summed E-state index contributed by atoms with van der Waals surface area (Å²) in [5, 5.41) is 0. The van der Waals surface area contributed by atoms with Crippen LogP contribution in [-0.2, 0) is 31.9 Å². The summed E-state index contributed by atoms with van der Waals surface area (Å²) in [6.07, 6.45) is 1.10. The van der Waals surface area contributed by atoms with Gasteiger partial charge in [0.1, 0.15) is 0 Å². The van der Waals surface area contributed by atoms with Gasteiger partial charge in [0.05, 0.1) is 6.26 Å². The molecular weight excluding hydrogens is 285 g/mol. The van der Waals surface area contributed by atoms with E-state index in [0.29, 0.717) is 0 Å². The molecule has 0 rings (SSSR count). The molecule has 0 bridgehead atoms. The van der Waals surface area contributed by atoms with E-state index < -0.39 is 0 Å². The Kier molecular flexibility index (Phi) is 27.6.